The van der Waals surface area contributed by atoms with Gasteiger partial charge in [-0.2, -0.15) is 5.26 Å². The average Bonchev–Trinajstić information content (AvgIpc) is 2.17. The molecule has 14 heavy (non-hydrogen) atoms. The molecule has 1 N–H and O–H groups in total. The highest BCUT2D eigenvalue weighted by Gasteiger charge is 2.05. The van der Waals surface area contributed by atoms with Crippen molar-refractivity contribution in [3.63, 3.8) is 0 Å². The molecule has 0 radical (unpaired) electrons. The van der Waals surface area contributed by atoms with E-state index in [-0.39, 0.29) is 15.9 Å². The number of fused-ring (bicyclic) bond motifs is 1. The van der Waals surface area contributed by atoms with Gasteiger partial charge in [-0.1, -0.05) is 5.10 Å². The minimum atomic E-state index is -0.554. The Bertz CT molecular complexity index is 596. The van der Waals surface area contributed by atoms with E-state index in [4.69, 9.17) is 5.26 Å². The maximum Gasteiger partial charge on any atom is 0.311 e. The van der Waals surface area contributed by atoms with Gasteiger partial charge in [0, 0.05) is 10.1 Å². The van der Waals surface area contributed by atoms with Crippen molar-refractivity contribution in [2.75, 3.05) is 0 Å². The van der Waals surface area contributed by atoms with E-state index in [0.29, 0.717) is 5.56 Å². The molecular formula is C8H4N4O2. The maximum atomic E-state index is 11.2. The van der Waals surface area contributed by atoms with Gasteiger partial charge in [-0.3, -0.25) is 4.79 Å². The van der Waals surface area contributed by atoms with Crippen LogP contribution in [0.25, 0.3) is 10.9 Å². The van der Waals surface area contributed by atoms with Gasteiger partial charge in [0.2, 0.25) is 0 Å². The summed E-state index contributed by atoms with van der Waals surface area (Å²) in [5.41, 5.74) is 0.0679. The van der Waals surface area contributed by atoms with Crippen LogP contribution in [0.1, 0.15) is 5.56 Å². The van der Waals surface area contributed by atoms with Gasteiger partial charge < -0.3 is 5.21 Å². The third-order valence-electron chi connectivity index (χ3n) is 1.77. The number of benzene rings is 1. The fraction of sp³-hybridized carbons (Fsp3) is 0. The van der Waals surface area contributed by atoms with Gasteiger partial charge in [0.05, 0.1) is 17.0 Å². The molecule has 0 saturated heterocycles. The normalized spacial score (nSPS) is 9.93. The van der Waals surface area contributed by atoms with Crippen molar-refractivity contribution in [2.24, 2.45) is 0 Å². The summed E-state index contributed by atoms with van der Waals surface area (Å²) in [6.45, 7) is 0. The minimum absolute atomic E-state index is 0.0940. The van der Waals surface area contributed by atoms with Crippen molar-refractivity contribution in [2.45, 2.75) is 0 Å². The van der Waals surface area contributed by atoms with Crippen molar-refractivity contribution < 1.29 is 4.96 Å². The number of nitriles is 1. The predicted molar refractivity (Wildman–Crippen MR) is 46.0 cm³/mol. The number of aromatic nitrogens is 3. The molecule has 2 aromatic rings. The van der Waals surface area contributed by atoms with Crippen LogP contribution in [-0.4, -0.2) is 10.2 Å². The number of nitrogens with one attached hydrogen (secondary N) is 1. The lowest BCUT2D eigenvalue weighted by molar-refractivity contribution is -0.727. The summed E-state index contributed by atoms with van der Waals surface area (Å²) in [6.07, 6.45) is 0. The molecule has 0 aliphatic rings. The molecule has 1 aromatic heterocycles. The second kappa shape index (κ2) is 2.81. The van der Waals surface area contributed by atoms with E-state index in [0.717, 1.165) is 0 Å². The van der Waals surface area contributed by atoms with Crippen LogP contribution in [0, 0.1) is 16.5 Å². The van der Waals surface area contributed by atoms with Gasteiger partial charge in [-0.15, -0.1) is 0 Å². The fourth-order valence-electron chi connectivity index (χ4n) is 1.14. The Balaban J connectivity index is 2.91. The third kappa shape index (κ3) is 1.17. The Morgan fingerprint density at radius 1 is 1.57 bits per heavy atom. The Labute approximate surface area is 77.6 Å². The van der Waals surface area contributed by atoms with Crippen LogP contribution in [0.15, 0.2) is 23.0 Å². The SMILES string of the molecule is N#Cc1ccc2n[n+]([O-])[nH]c(=O)c2c1. The zero-order valence-electron chi connectivity index (χ0n) is 6.89. The quantitative estimate of drug-likeness (QED) is 0.442. The number of hydrogen-bond donors (Lipinski definition) is 1. The summed E-state index contributed by atoms with van der Waals surface area (Å²) < 4.78 is 0. The van der Waals surface area contributed by atoms with Crippen LogP contribution in [0.4, 0.5) is 0 Å². The Morgan fingerprint density at radius 3 is 3.07 bits per heavy atom. The number of nitrogens with zero attached hydrogens (tertiary/aromatic N) is 3. The first kappa shape index (κ1) is 8.19. The molecule has 0 atom stereocenters. The van der Waals surface area contributed by atoms with E-state index in [2.05, 4.69) is 5.10 Å². The summed E-state index contributed by atoms with van der Waals surface area (Å²) in [7, 11) is 0. The van der Waals surface area contributed by atoms with Gasteiger partial charge in [0.1, 0.15) is 5.52 Å². The molecule has 1 aromatic carbocycles. The van der Waals surface area contributed by atoms with Crippen molar-refractivity contribution in [1.29, 1.82) is 5.26 Å². The maximum absolute atomic E-state index is 11.2. The molecule has 6 nitrogen and oxygen atoms in total. The molecule has 1 heterocycles. The molecule has 0 spiro atoms. The number of aromatic amines is 1. The molecule has 68 valence electrons. The van der Waals surface area contributed by atoms with Crippen molar-refractivity contribution >= 4 is 10.9 Å². The zero-order valence-corrected chi connectivity index (χ0v) is 6.89. The first-order valence-electron chi connectivity index (χ1n) is 3.75. The zero-order chi connectivity index (χ0) is 10.1. The van der Waals surface area contributed by atoms with E-state index in [1.165, 1.54) is 18.2 Å². The van der Waals surface area contributed by atoms with E-state index in [1.807, 2.05) is 11.2 Å². The number of H-pyrrole nitrogens is 1. The number of rotatable bonds is 0. The van der Waals surface area contributed by atoms with Crippen LogP contribution in [0.5, 0.6) is 0 Å². The molecular weight excluding hydrogens is 184 g/mol. The largest absolute Gasteiger partial charge is 0.571 e. The minimum Gasteiger partial charge on any atom is -0.571 e. The first-order valence-corrected chi connectivity index (χ1v) is 3.75. The lowest BCUT2D eigenvalue weighted by Gasteiger charge is -1.94. The van der Waals surface area contributed by atoms with Crippen molar-refractivity contribution in [3.8, 4) is 6.07 Å². The number of hydrogen-bond acceptors (Lipinski definition) is 4. The monoisotopic (exact) mass is 188 g/mol. The van der Waals surface area contributed by atoms with E-state index in [1.54, 1.807) is 0 Å². The summed E-state index contributed by atoms with van der Waals surface area (Å²) in [5.74, 6) is 0. The predicted octanol–water partition coefficient (Wildman–Crippen LogP) is -0.572. The van der Waals surface area contributed by atoms with Crippen LogP contribution >= 0.6 is 0 Å². The fourth-order valence-corrected chi connectivity index (χ4v) is 1.14. The van der Waals surface area contributed by atoms with Crippen molar-refractivity contribution in [3.05, 3.63) is 39.3 Å². The molecule has 6 heteroatoms. The first-order chi connectivity index (χ1) is 6.70. The highest BCUT2D eigenvalue weighted by atomic mass is 16.5. The van der Waals surface area contributed by atoms with Crippen molar-refractivity contribution in [1.82, 2.24) is 10.2 Å². The Morgan fingerprint density at radius 2 is 2.36 bits per heavy atom. The van der Waals surface area contributed by atoms with Gasteiger partial charge in [-0.05, 0) is 18.2 Å². The second-order valence-corrected chi connectivity index (χ2v) is 2.66. The highest BCUT2D eigenvalue weighted by molar-refractivity contribution is 5.77. The van der Waals surface area contributed by atoms with E-state index >= 15 is 0 Å². The lowest BCUT2D eigenvalue weighted by atomic mass is 10.2. The molecule has 0 aliphatic carbocycles. The smallest absolute Gasteiger partial charge is 0.311 e. The van der Waals surface area contributed by atoms with Crippen LogP contribution in [-0.2, 0) is 0 Å². The summed E-state index contributed by atoms with van der Waals surface area (Å²) >= 11 is 0. The Kier molecular flexibility index (Phi) is 1.65. The third-order valence-corrected chi connectivity index (χ3v) is 1.77. The molecule has 0 amide bonds. The average molecular weight is 188 g/mol. The summed E-state index contributed by atoms with van der Waals surface area (Å²) in [6, 6.07) is 6.24. The standard InChI is InChI=1S/C8H4N4O2/c9-4-5-1-2-7-6(3-5)8(13)11-12(14)10-7/h1-3H,(H,10,11,13). The topological polar surface area (TPSA) is 96.5 Å². The summed E-state index contributed by atoms with van der Waals surface area (Å²) in [4.78, 5) is 11.3. The molecule has 0 aliphatic heterocycles. The van der Waals surface area contributed by atoms with Gasteiger partial charge in [0.25, 0.3) is 0 Å². The molecule has 0 saturated carbocycles. The van der Waals surface area contributed by atoms with Gasteiger partial charge in [-0.25, -0.2) is 0 Å². The second-order valence-electron chi connectivity index (χ2n) is 2.66. The molecule has 2 rings (SSSR count). The Hall–Kier alpha value is -2.42. The van der Waals surface area contributed by atoms with Crippen LogP contribution in [0.2, 0.25) is 0 Å². The van der Waals surface area contributed by atoms with E-state index < -0.39 is 5.56 Å². The van der Waals surface area contributed by atoms with Crippen LogP contribution in [0.3, 0.4) is 0 Å². The van der Waals surface area contributed by atoms with E-state index in [9.17, 15) is 10.0 Å². The lowest BCUT2D eigenvalue weighted by Crippen LogP contribution is -2.41. The highest BCUT2D eigenvalue weighted by Crippen LogP contribution is 2.06. The molecule has 0 bridgehead atoms. The van der Waals surface area contributed by atoms with Crippen LogP contribution < -0.4 is 10.5 Å². The summed E-state index contributed by atoms with van der Waals surface area (Å²) in [5, 5.41) is 25.0. The van der Waals surface area contributed by atoms with Gasteiger partial charge in [0.15, 0.2) is 0 Å². The molecule has 0 fully saturated rings. The molecule has 0 unspecified atom stereocenters. The van der Waals surface area contributed by atoms with Gasteiger partial charge >= 0.3 is 5.56 Å².